The molecule has 3 amide bonds. The van der Waals surface area contributed by atoms with Crippen LogP contribution in [0.3, 0.4) is 0 Å². The van der Waals surface area contributed by atoms with Crippen molar-refractivity contribution < 1.29 is 19.5 Å². The number of rotatable bonds is 10. The van der Waals surface area contributed by atoms with Crippen molar-refractivity contribution in [3.63, 3.8) is 0 Å². The van der Waals surface area contributed by atoms with Crippen molar-refractivity contribution in [2.45, 2.75) is 109 Å². The molecule has 5 heterocycles. The summed E-state index contributed by atoms with van der Waals surface area (Å²) >= 11 is 0. The monoisotopic (exact) mass is 800 g/mol. The molecule has 0 bridgehead atoms. The summed E-state index contributed by atoms with van der Waals surface area (Å²) in [4.78, 5) is 57.7. The van der Waals surface area contributed by atoms with E-state index in [1.807, 2.05) is 24.3 Å². The van der Waals surface area contributed by atoms with Gasteiger partial charge in [-0.1, -0.05) is 18.2 Å². The van der Waals surface area contributed by atoms with E-state index in [4.69, 9.17) is 5.10 Å². The van der Waals surface area contributed by atoms with Crippen LogP contribution in [0.2, 0.25) is 0 Å². The van der Waals surface area contributed by atoms with Crippen molar-refractivity contribution in [1.82, 2.24) is 34.1 Å². The first kappa shape index (κ1) is 39.3. The van der Waals surface area contributed by atoms with Gasteiger partial charge in [-0.3, -0.25) is 38.5 Å². The molecule has 3 N–H and O–H groups in total. The van der Waals surface area contributed by atoms with Gasteiger partial charge in [0.05, 0.1) is 28.2 Å². The normalized spacial score (nSPS) is 22.8. The molecule has 2 aromatic carbocycles. The molecular weight excluding hydrogens is 745 g/mol. The summed E-state index contributed by atoms with van der Waals surface area (Å²) < 4.78 is 5.37. The maximum absolute atomic E-state index is 13.4. The quantitative estimate of drug-likeness (QED) is 0.137. The van der Waals surface area contributed by atoms with E-state index in [2.05, 4.69) is 37.5 Å². The molecule has 13 nitrogen and oxygen atoms in total. The molecule has 0 radical (unpaired) electrons. The second-order valence-corrected chi connectivity index (χ2v) is 18.5. The van der Waals surface area contributed by atoms with Crippen LogP contribution in [0.15, 0.2) is 65.7 Å². The second kappa shape index (κ2) is 15.5. The maximum atomic E-state index is 13.4. The molecule has 4 fully saturated rings. The van der Waals surface area contributed by atoms with Gasteiger partial charge in [0.25, 0.3) is 5.91 Å². The number of piperidine rings is 2. The van der Waals surface area contributed by atoms with Gasteiger partial charge < -0.3 is 15.3 Å². The summed E-state index contributed by atoms with van der Waals surface area (Å²) in [6.45, 7) is 6.96. The SMILES string of the molecule is Cn1c(=O)n(C2CCC(=O)NC2=O)c2cccc(CCC3CC4(CCN(C[C@H]5CC[C@H](n6cc7cc(NC(=O)c8ccccn8)c(C(C)(C)O)cc7n6)CC5)CC4)C3)c21. The van der Waals surface area contributed by atoms with Gasteiger partial charge in [-0.2, -0.15) is 5.10 Å². The van der Waals surface area contributed by atoms with Crippen LogP contribution >= 0.6 is 0 Å². The highest BCUT2D eigenvalue weighted by Crippen LogP contribution is 2.54. The standard InChI is InChI=1S/C46H56N8O5/c1-45(2,59)34-24-36-32(23-37(34)48-42(56)35-8-4-5-20-47-35)28-53(50-36)33-14-11-29(12-15-33)27-52-21-18-46(19-22-52)25-30(26-46)10-13-31-7-6-9-38-41(31)51(3)44(58)54(38)39-16-17-40(55)49-43(39)57/h4-9,20,23-24,28-30,33,39,59H,10-19,21-22,25-27H2,1-3H3,(H,48,56)(H,49,55,57)/t29-,33-,39?. The van der Waals surface area contributed by atoms with Crippen LogP contribution in [0.1, 0.15) is 118 Å². The summed E-state index contributed by atoms with van der Waals surface area (Å²) in [7, 11) is 1.79. The largest absolute Gasteiger partial charge is 0.386 e. The number of nitrogens with zero attached hydrogens (tertiary/aromatic N) is 6. The molecular formula is C46H56N8O5. The highest BCUT2D eigenvalue weighted by atomic mass is 16.3. The average Bonchev–Trinajstić information content (AvgIpc) is 3.74. The molecule has 1 unspecified atom stereocenters. The van der Waals surface area contributed by atoms with Crippen molar-refractivity contribution >= 4 is 45.3 Å². The van der Waals surface area contributed by atoms with Crippen LogP contribution in [0.25, 0.3) is 21.9 Å². The van der Waals surface area contributed by atoms with Crippen LogP contribution in [-0.4, -0.2) is 71.3 Å². The van der Waals surface area contributed by atoms with Crippen LogP contribution in [0, 0.1) is 17.3 Å². The first-order chi connectivity index (χ1) is 28.3. The third-order valence-electron chi connectivity index (χ3n) is 14.1. The van der Waals surface area contributed by atoms with E-state index in [0.717, 1.165) is 53.2 Å². The smallest absolute Gasteiger partial charge is 0.329 e. The maximum Gasteiger partial charge on any atom is 0.329 e. The van der Waals surface area contributed by atoms with Crippen molar-refractivity contribution in [2.75, 3.05) is 25.0 Å². The van der Waals surface area contributed by atoms with Crippen LogP contribution in [-0.2, 0) is 28.7 Å². The van der Waals surface area contributed by atoms with Gasteiger partial charge in [-0.25, -0.2) is 4.79 Å². The van der Waals surface area contributed by atoms with E-state index in [0.29, 0.717) is 46.7 Å². The van der Waals surface area contributed by atoms with Gasteiger partial charge in [0.1, 0.15) is 11.7 Å². The first-order valence-corrected chi connectivity index (χ1v) is 21.6. The lowest BCUT2D eigenvalue weighted by atomic mass is 9.56. The Morgan fingerprint density at radius 3 is 2.47 bits per heavy atom. The fourth-order valence-electron chi connectivity index (χ4n) is 10.8. The number of anilines is 1. The number of aliphatic hydroxyl groups is 1. The zero-order valence-electron chi connectivity index (χ0n) is 34.5. The van der Waals surface area contributed by atoms with Crippen LogP contribution in [0.5, 0.6) is 0 Å². The molecule has 2 saturated carbocycles. The number of nitrogens with one attached hydrogen (secondary N) is 2. The fraction of sp³-hybridized carbons (Fsp3) is 0.522. The van der Waals surface area contributed by atoms with E-state index in [9.17, 15) is 24.3 Å². The predicted molar refractivity (Wildman–Crippen MR) is 226 cm³/mol. The van der Waals surface area contributed by atoms with Gasteiger partial charge in [0.15, 0.2) is 0 Å². The number of hydrogen-bond acceptors (Lipinski definition) is 8. The number of aromatic nitrogens is 5. The molecule has 13 heteroatoms. The molecule has 2 aliphatic heterocycles. The third-order valence-corrected chi connectivity index (χ3v) is 14.1. The number of aryl methyl sites for hydroxylation is 2. The van der Waals surface area contributed by atoms with E-state index in [1.54, 1.807) is 54.4 Å². The number of likely N-dealkylation sites (tertiary alicyclic amines) is 1. The van der Waals surface area contributed by atoms with E-state index >= 15 is 0 Å². The lowest BCUT2D eigenvalue weighted by Gasteiger charge is -2.53. The fourth-order valence-corrected chi connectivity index (χ4v) is 10.8. The Labute approximate surface area is 344 Å². The molecule has 1 spiro atoms. The van der Waals surface area contributed by atoms with Gasteiger partial charge in [-0.15, -0.1) is 0 Å². The van der Waals surface area contributed by atoms with Gasteiger partial charge >= 0.3 is 5.69 Å². The third kappa shape index (κ3) is 7.75. The summed E-state index contributed by atoms with van der Waals surface area (Å²) in [5.74, 6) is 0.388. The van der Waals surface area contributed by atoms with Crippen molar-refractivity contribution in [2.24, 2.45) is 24.3 Å². The summed E-state index contributed by atoms with van der Waals surface area (Å²) in [6, 6.07) is 14.7. The number of para-hydroxylation sites is 1. The molecule has 9 rings (SSSR count). The Morgan fingerprint density at radius 2 is 1.76 bits per heavy atom. The number of hydrogen-bond donors (Lipinski definition) is 3. The van der Waals surface area contributed by atoms with Gasteiger partial charge in [-0.05, 0) is 151 Å². The molecule has 59 heavy (non-hydrogen) atoms. The lowest BCUT2D eigenvalue weighted by molar-refractivity contribution is -0.135. The number of imidazole rings is 1. The summed E-state index contributed by atoms with van der Waals surface area (Å²) in [6.07, 6.45) is 15.9. The molecule has 3 aromatic heterocycles. The van der Waals surface area contributed by atoms with Gasteiger partial charge in [0.2, 0.25) is 11.8 Å². The Morgan fingerprint density at radius 1 is 0.983 bits per heavy atom. The number of benzene rings is 2. The zero-order chi connectivity index (χ0) is 41.1. The number of imide groups is 1. The first-order valence-electron chi connectivity index (χ1n) is 21.6. The average molecular weight is 801 g/mol. The minimum Gasteiger partial charge on any atom is -0.386 e. The number of amides is 3. The van der Waals surface area contributed by atoms with Crippen molar-refractivity contribution in [3.8, 4) is 0 Å². The molecule has 310 valence electrons. The lowest BCUT2D eigenvalue weighted by Crippen LogP contribution is -2.48. The van der Waals surface area contributed by atoms with Crippen LogP contribution in [0.4, 0.5) is 5.69 Å². The Balaban J connectivity index is 0.754. The summed E-state index contributed by atoms with van der Waals surface area (Å²) in [5.41, 5.74) is 4.22. The highest BCUT2D eigenvalue weighted by Gasteiger charge is 2.45. The molecule has 2 aliphatic carbocycles. The topological polar surface area (TPSA) is 156 Å². The zero-order valence-corrected chi connectivity index (χ0v) is 34.5. The Hall–Kier alpha value is -5.14. The van der Waals surface area contributed by atoms with E-state index in [-0.39, 0.29) is 23.9 Å². The van der Waals surface area contributed by atoms with Gasteiger partial charge in [0, 0.05) is 49.0 Å². The Bertz CT molecular complexity index is 2450. The minimum absolute atomic E-state index is 0.209. The second-order valence-electron chi connectivity index (χ2n) is 18.5. The van der Waals surface area contributed by atoms with E-state index < -0.39 is 17.6 Å². The number of carbonyl (C=O) groups is 3. The number of fused-ring (bicyclic) bond motifs is 2. The molecule has 5 aromatic rings. The molecule has 1 atom stereocenters. The number of carbonyl (C=O) groups excluding carboxylic acids is 3. The van der Waals surface area contributed by atoms with E-state index in [1.165, 1.54) is 58.2 Å². The molecule has 4 aliphatic rings. The Kier molecular flexibility index (Phi) is 10.3. The van der Waals surface area contributed by atoms with Crippen molar-refractivity contribution in [1.29, 1.82) is 0 Å². The summed E-state index contributed by atoms with van der Waals surface area (Å²) in [5, 5.41) is 22.3. The number of pyridine rings is 1. The van der Waals surface area contributed by atoms with Crippen LogP contribution < -0.4 is 16.3 Å². The molecule has 2 saturated heterocycles. The van der Waals surface area contributed by atoms with Crippen molar-refractivity contribution in [3.05, 3.63) is 88.2 Å². The highest BCUT2D eigenvalue weighted by molar-refractivity contribution is 6.04. The minimum atomic E-state index is -1.17. The predicted octanol–water partition coefficient (Wildman–Crippen LogP) is 6.40.